The van der Waals surface area contributed by atoms with Gasteiger partial charge in [0.1, 0.15) is 0 Å². The molecule has 11 heteroatoms. The highest BCUT2D eigenvalue weighted by molar-refractivity contribution is 8.15. The number of ether oxygens (including phenoxy) is 1. The summed E-state index contributed by atoms with van der Waals surface area (Å²) in [6.45, 7) is 5.84. The summed E-state index contributed by atoms with van der Waals surface area (Å²) in [7, 11) is -2.99. The van der Waals surface area contributed by atoms with Crippen LogP contribution in [-0.4, -0.2) is 91.0 Å². The zero-order chi connectivity index (χ0) is 22.2. The van der Waals surface area contributed by atoms with Crippen molar-refractivity contribution in [3.8, 4) is 0 Å². The second-order valence-corrected chi connectivity index (χ2v) is 11.2. The van der Waals surface area contributed by atoms with Gasteiger partial charge in [-0.05, 0) is 31.5 Å². The quantitative estimate of drug-likeness (QED) is 0.721. The van der Waals surface area contributed by atoms with Crippen molar-refractivity contribution in [2.75, 3.05) is 49.6 Å². The van der Waals surface area contributed by atoms with Crippen LogP contribution >= 0.6 is 11.8 Å². The topological polar surface area (TPSA) is 108 Å². The van der Waals surface area contributed by atoms with E-state index in [9.17, 15) is 18.0 Å². The van der Waals surface area contributed by atoms with E-state index in [2.05, 4.69) is 10.3 Å². The Morgan fingerprint density at radius 1 is 1.19 bits per heavy atom. The molecule has 2 saturated heterocycles. The lowest BCUT2D eigenvalue weighted by molar-refractivity contribution is 0.0570. The Morgan fingerprint density at radius 3 is 2.58 bits per heavy atom. The molecular weight excluding hydrogens is 440 g/mol. The highest BCUT2D eigenvalue weighted by atomic mass is 32.2. The zero-order valence-corrected chi connectivity index (χ0v) is 19.2. The number of amidine groups is 1. The Labute approximate surface area is 186 Å². The van der Waals surface area contributed by atoms with E-state index in [0.29, 0.717) is 43.5 Å². The summed E-state index contributed by atoms with van der Waals surface area (Å²) in [5.74, 6) is 0.174. The van der Waals surface area contributed by atoms with E-state index in [-0.39, 0.29) is 34.8 Å². The van der Waals surface area contributed by atoms with Crippen LogP contribution in [0.5, 0.6) is 0 Å². The predicted octanol–water partition coefficient (Wildman–Crippen LogP) is 1.59. The fourth-order valence-corrected chi connectivity index (χ4v) is 7.58. The molecule has 1 N–H and O–H groups in total. The molecule has 1 aromatic rings. The first-order valence-corrected chi connectivity index (χ1v) is 13.0. The molecule has 0 bridgehead atoms. The normalized spacial score (nSPS) is 24.5. The summed E-state index contributed by atoms with van der Waals surface area (Å²) in [5, 5.41) is 3.94. The van der Waals surface area contributed by atoms with Gasteiger partial charge in [0, 0.05) is 42.7 Å². The average molecular weight is 467 g/mol. The summed E-state index contributed by atoms with van der Waals surface area (Å²) in [6, 6.07) is 5.29. The molecule has 31 heavy (non-hydrogen) atoms. The van der Waals surface area contributed by atoms with Gasteiger partial charge < -0.3 is 19.9 Å². The molecule has 4 rings (SSSR count). The molecule has 3 aliphatic rings. The van der Waals surface area contributed by atoms with Gasteiger partial charge in [0.25, 0.3) is 5.91 Å². The predicted molar refractivity (Wildman–Crippen MR) is 121 cm³/mol. The first-order chi connectivity index (χ1) is 14.8. The minimum absolute atomic E-state index is 0.0340. The number of rotatable bonds is 3. The smallest absolute Gasteiger partial charge is 0.409 e. The lowest BCUT2D eigenvalue weighted by Crippen LogP contribution is -2.50. The van der Waals surface area contributed by atoms with Crippen molar-refractivity contribution in [1.82, 2.24) is 9.80 Å². The largest absolute Gasteiger partial charge is 0.450 e. The van der Waals surface area contributed by atoms with E-state index in [1.807, 2.05) is 19.1 Å². The first kappa shape index (κ1) is 21.9. The fraction of sp³-hybridized carbons (Fsp3) is 0.550. The standard InChI is InChI=1S/C20H26N4O5S2/c1-3-29-20(26)24-8-6-23(7-9-24)18(25)14-5-4-13(2)15(10-14)21-19-22-16-11-31(27,28)12-17(16)30-19/h4-5,10,16-17H,3,6-9,11-12H2,1-2H3,(H,21,22)/t16-,17+/m1/s1. The van der Waals surface area contributed by atoms with Gasteiger partial charge in [-0.15, -0.1) is 0 Å². The molecule has 0 saturated carbocycles. The van der Waals surface area contributed by atoms with E-state index in [4.69, 9.17) is 4.74 Å². The number of hydrogen-bond donors (Lipinski definition) is 1. The Hall–Kier alpha value is -2.27. The molecule has 2 fully saturated rings. The number of piperazine rings is 1. The van der Waals surface area contributed by atoms with Crippen molar-refractivity contribution >= 4 is 44.5 Å². The number of benzene rings is 1. The summed E-state index contributed by atoms with van der Waals surface area (Å²) in [5.41, 5.74) is 2.31. The van der Waals surface area contributed by atoms with Gasteiger partial charge in [0.2, 0.25) is 0 Å². The lowest BCUT2D eigenvalue weighted by Gasteiger charge is -2.34. The molecule has 1 aromatic carbocycles. The summed E-state index contributed by atoms with van der Waals surface area (Å²) >= 11 is 1.45. The number of anilines is 1. The Balaban J connectivity index is 1.40. The van der Waals surface area contributed by atoms with Crippen molar-refractivity contribution in [3.63, 3.8) is 0 Å². The fourth-order valence-electron chi connectivity index (χ4n) is 3.91. The van der Waals surface area contributed by atoms with Crippen LogP contribution in [-0.2, 0) is 14.6 Å². The van der Waals surface area contributed by atoms with Gasteiger partial charge in [0.05, 0.1) is 24.2 Å². The van der Waals surface area contributed by atoms with Gasteiger partial charge in [-0.25, -0.2) is 13.2 Å². The number of nitrogens with one attached hydrogen (secondary N) is 1. The number of sulfone groups is 1. The van der Waals surface area contributed by atoms with E-state index in [0.717, 1.165) is 11.3 Å². The van der Waals surface area contributed by atoms with Gasteiger partial charge >= 0.3 is 6.09 Å². The molecule has 168 valence electrons. The summed E-state index contributed by atoms with van der Waals surface area (Å²) in [6.07, 6.45) is -0.344. The molecule has 0 aromatic heterocycles. The number of aryl methyl sites for hydroxylation is 1. The number of thioether (sulfide) groups is 1. The number of fused-ring (bicyclic) bond motifs is 1. The molecule has 0 spiro atoms. The van der Waals surface area contributed by atoms with Crippen molar-refractivity contribution < 1.29 is 22.7 Å². The molecule has 3 heterocycles. The van der Waals surface area contributed by atoms with Gasteiger partial charge in [-0.3, -0.25) is 9.79 Å². The third-order valence-corrected chi connectivity index (χ3v) is 8.78. The molecule has 2 atom stereocenters. The molecular formula is C20H26N4O5S2. The third kappa shape index (κ3) is 4.82. The Bertz CT molecular complexity index is 1020. The second kappa shape index (κ2) is 8.70. The highest BCUT2D eigenvalue weighted by Gasteiger charge is 2.42. The Kier molecular flexibility index (Phi) is 6.16. The third-order valence-electron chi connectivity index (χ3n) is 5.64. The second-order valence-electron chi connectivity index (χ2n) is 7.87. The van der Waals surface area contributed by atoms with Gasteiger partial charge in [-0.1, -0.05) is 17.8 Å². The number of carbonyl (C=O) groups excluding carboxylic acids is 2. The van der Waals surface area contributed by atoms with E-state index >= 15 is 0 Å². The number of aliphatic imine (C=N–C) groups is 1. The zero-order valence-electron chi connectivity index (χ0n) is 17.5. The minimum atomic E-state index is -2.99. The monoisotopic (exact) mass is 466 g/mol. The number of hydrogen-bond acceptors (Lipinski definition) is 8. The van der Waals surface area contributed by atoms with E-state index in [1.54, 1.807) is 22.8 Å². The maximum Gasteiger partial charge on any atom is 0.409 e. The molecule has 0 radical (unpaired) electrons. The van der Waals surface area contributed by atoms with Crippen molar-refractivity contribution in [1.29, 1.82) is 0 Å². The van der Waals surface area contributed by atoms with Crippen LogP contribution < -0.4 is 5.32 Å². The SMILES string of the molecule is CCOC(=O)N1CCN(C(=O)c2ccc(C)c(NC3=N[C@@H]4CS(=O)(=O)C[C@@H]4S3)c2)CC1. The number of nitrogens with zero attached hydrogens (tertiary/aromatic N) is 3. The lowest BCUT2D eigenvalue weighted by atomic mass is 10.1. The number of amides is 2. The van der Waals surface area contributed by atoms with Gasteiger partial charge in [0.15, 0.2) is 15.0 Å². The van der Waals surface area contributed by atoms with Crippen LogP contribution in [0.3, 0.4) is 0 Å². The number of carbonyl (C=O) groups is 2. The molecule has 0 aliphatic carbocycles. The van der Waals surface area contributed by atoms with E-state index < -0.39 is 9.84 Å². The minimum Gasteiger partial charge on any atom is -0.450 e. The summed E-state index contributed by atoms with van der Waals surface area (Å²) < 4.78 is 28.5. The average Bonchev–Trinajstić information content (AvgIpc) is 3.22. The van der Waals surface area contributed by atoms with Crippen LogP contribution in [0.25, 0.3) is 0 Å². The van der Waals surface area contributed by atoms with Crippen LogP contribution in [0.1, 0.15) is 22.8 Å². The maximum absolute atomic E-state index is 13.0. The van der Waals surface area contributed by atoms with Crippen molar-refractivity contribution in [2.45, 2.75) is 25.1 Å². The highest BCUT2D eigenvalue weighted by Crippen LogP contribution is 2.35. The molecule has 9 nitrogen and oxygen atoms in total. The van der Waals surface area contributed by atoms with Crippen LogP contribution in [0.4, 0.5) is 10.5 Å². The van der Waals surface area contributed by atoms with Crippen LogP contribution in [0.2, 0.25) is 0 Å². The molecule has 2 amide bonds. The van der Waals surface area contributed by atoms with E-state index in [1.165, 1.54) is 11.8 Å². The van der Waals surface area contributed by atoms with Crippen molar-refractivity contribution in [3.05, 3.63) is 29.3 Å². The molecule has 3 aliphatic heterocycles. The maximum atomic E-state index is 13.0. The van der Waals surface area contributed by atoms with Crippen LogP contribution in [0.15, 0.2) is 23.2 Å². The Morgan fingerprint density at radius 2 is 1.90 bits per heavy atom. The summed E-state index contributed by atoms with van der Waals surface area (Å²) in [4.78, 5) is 32.7. The van der Waals surface area contributed by atoms with Crippen molar-refractivity contribution in [2.24, 2.45) is 4.99 Å². The van der Waals surface area contributed by atoms with Crippen LogP contribution in [0, 0.1) is 6.92 Å². The van der Waals surface area contributed by atoms with Gasteiger partial charge in [-0.2, -0.15) is 0 Å². The first-order valence-electron chi connectivity index (χ1n) is 10.3. The molecule has 0 unspecified atom stereocenters.